The molecule has 2 atom stereocenters. The van der Waals surface area contributed by atoms with Crippen molar-refractivity contribution in [3.63, 3.8) is 0 Å². The topological polar surface area (TPSA) is 58.6 Å². The zero-order valence-corrected chi connectivity index (χ0v) is 10.7. The van der Waals surface area contributed by atoms with Crippen LogP contribution in [-0.2, 0) is 9.53 Å². The molecule has 5 nitrogen and oxygen atoms in total. The zero-order chi connectivity index (χ0) is 12.6. The molecule has 0 saturated carbocycles. The Bertz CT molecular complexity index is 337. The molecule has 1 N–H and O–H groups in total. The Morgan fingerprint density at radius 2 is 2.24 bits per heavy atom. The fourth-order valence-corrected chi connectivity index (χ4v) is 2.26. The first-order valence-corrected chi connectivity index (χ1v) is 6.21. The summed E-state index contributed by atoms with van der Waals surface area (Å²) in [4.78, 5) is 25.4. The van der Waals surface area contributed by atoms with Crippen LogP contribution in [0.15, 0.2) is 0 Å². The van der Waals surface area contributed by atoms with E-state index in [-0.39, 0.29) is 24.0 Å². The second-order valence-corrected chi connectivity index (χ2v) is 5.34. The molecular formula is C12H20N2O3. The largest absolute Gasteiger partial charge is 0.376 e. The summed E-state index contributed by atoms with van der Waals surface area (Å²) >= 11 is 0. The molecule has 0 aromatic rings. The number of rotatable bonds is 3. The van der Waals surface area contributed by atoms with Gasteiger partial charge in [0.1, 0.15) is 5.54 Å². The van der Waals surface area contributed by atoms with Gasteiger partial charge in [-0.3, -0.25) is 9.69 Å². The van der Waals surface area contributed by atoms with Crippen molar-refractivity contribution in [3.05, 3.63) is 0 Å². The van der Waals surface area contributed by atoms with Gasteiger partial charge in [-0.15, -0.1) is 0 Å². The van der Waals surface area contributed by atoms with E-state index in [1.54, 1.807) is 6.92 Å². The third-order valence-electron chi connectivity index (χ3n) is 3.87. The van der Waals surface area contributed by atoms with E-state index in [0.29, 0.717) is 6.54 Å². The van der Waals surface area contributed by atoms with Crippen molar-refractivity contribution < 1.29 is 14.3 Å². The molecule has 2 fully saturated rings. The zero-order valence-electron chi connectivity index (χ0n) is 10.7. The minimum atomic E-state index is -0.768. The average Bonchev–Trinajstić information content (AvgIpc) is 2.82. The molecule has 0 radical (unpaired) electrons. The molecule has 2 heterocycles. The van der Waals surface area contributed by atoms with Gasteiger partial charge in [-0.05, 0) is 25.7 Å². The van der Waals surface area contributed by atoms with E-state index in [1.807, 2.05) is 13.8 Å². The number of nitrogens with zero attached hydrogens (tertiary/aromatic N) is 1. The number of carbonyl (C=O) groups is 2. The summed E-state index contributed by atoms with van der Waals surface area (Å²) in [7, 11) is 0. The van der Waals surface area contributed by atoms with Crippen molar-refractivity contribution in [2.45, 2.75) is 45.3 Å². The van der Waals surface area contributed by atoms with Crippen molar-refractivity contribution in [3.8, 4) is 0 Å². The summed E-state index contributed by atoms with van der Waals surface area (Å²) in [6.07, 6.45) is 1.95. The Kier molecular flexibility index (Phi) is 3.12. The standard InChI is InChI=1S/C12H20N2O3/c1-8(2)12(3)10(15)14(11(16)13-12)7-9-5-4-6-17-9/h8-9H,4-7H2,1-3H3,(H,13,16)/t9-,12-/m1/s1. The summed E-state index contributed by atoms with van der Waals surface area (Å²) in [6.45, 7) is 6.78. The molecule has 5 heteroatoms. The predicted octanol–water partition coefficient (Wildman–Crippen LogP) is 1.13. The maximum Gasteiger partial charge on any atom is 0.325 e. The van der Waals surface area contributed by atoms with Gasteiger partial charge >= 0.3 is 6.03 Å². The van der Waals surface area contributed by atoms with Crippen molar-refractivity contribution in [1.29, 1.82) is 0 Å². The highest BCUT2D eigenvalue weighted by Gasteiger charge is 2.50. The van der Waals surface area contributed by atoms with Gasteiger partial charge in [0.25, 0.3) is 5.91 Å². The lowest BCUT2D eigenvalue weighted by atomic mass is 9.88. The van der Waals surface area contributed by atoms with Crippen LogP contribution in [0, 0.1) is 5.92 Å². The van der Waals surface area contributed by atoms with Gasteiger partial charge in [0, 0.05) is 6.61 Å². The maximum atomic E-state index is 12.3. The highest BCUT2D eigenvalue weighted by atomic mass is 16.5. The van der Waals surface area contributed by atoms with Gasteiger partial charge in [-0.2, -0.15) is 0 Å². The fourth-order valence-electron chi connectivity index (χ4n) is 2.26. The van der Waals surface area contributed by atoms with E-state index in [2.05, 4.69) is 5.32 Å². The van der Waals surface area contributed by atoms with Crippen LogP contribution in [0.4, 0.5) is 4.79 Å². The summed E-state index contributed by atoms with van der Waals surface area (Å²) in [5, 5.41) is 2.79. The smallest absolute Gasteiger partial charge is 0.325 e. The van der Waals surface area contributed by atoms with E-state index < -0.39 is 5.54 Å². The number of hydrogen-bond donors (Lipinski definition) is 1. The lowest BCUT2D eigenvalue weighted by molar-refractivity contribution is -0.133. The number of imide groups is 1. The second kappa shape index (κ2) is 4.29. The summed E-state index contributed by atoms with van der Waals surface area (Å²) in [5.74, 6) is -0.0542. The van der Waals surface area contributed by atoms with Crippen molar-refractivity contribution in [2.75, 3.05) is 13.2 Å². The van der Waals surface area contributed by atoms with Crippen molar-refractivity contribution >= 4 is 11.9 Å². The normalized spacial score (nSPS) is 33.6. The third kappa shape index (κ3) is 2.04. The van der Waals surface area contributed by atoms with Gasteiger partial charge in [-0.25, -0.2) is 4.79 Å². The summed E-state index contributed by atoms with van der Waals surface area (Å²) < 4.78 is 5.47. The van der Waals surface area contributed by atoms with Crippen LogP contribution in [0.3, 0.4) is 0 Å². The molecule has 2 rings (SSSR count). The van der Waals surface area contributed by atoms with Crippen LogP contribution in [0.5, 0.6) is 0 Å². The Morgan fingerprint density at radius 3 is 2.71 bits per heavy atom. The number of hydrogen-bond acceptors (Lipinski definition) is 3. The SMILES string of the molecule is CC(C)[C@@]1(C)NC(=O)N(C[C@H]2CCCO2)C1=O. The fraction of sp³-hybridized carbons (Fsp3) is 0.833. The van der Waals surface area contributed by atoms with Crippen LogP contribution in [0.25, 0.3) is 0 Å². The third-order valence-corrected chi connectivity index (χ3v) is 3.87. The first kappa shape index (κ1) is 12.4. The second-order valence-electron chi connectivity index (χ2n) is 5.34. The quantitative estimate of drug-likeness (QED) is 0.752. The molecule has 2 saturated heterocycles. The minimum absolute atomic E-state index is 0.0132. The Morgan fingerprint density at radius 1 is 1.53 bits per heavy atom. The molecule has 0 bridgehead atoms. The number of ether oxygens (including phenoxy) is 1. The molecule has 0 aromatic heterocycles. The molecular weight excluding hydrogens is 220 g/mol. The van der Waals surface area contributed by atoms with E-state index in [0.717, 1.165) is 19.4 Å². The first-order chi connectivity index (χ1) is 7.95. The molecule has 2 aliphatic heterocycles. The monoisotopic (exact) mass is 240 g/mol. The number of carbonyl (C=O) groups excluding carboxylic acids is 2. The van der Waals surface area contributed by atoms with Gasteiger partial charge in [-0.1, -0.05) is 13.8 Å². The Labute approximate surface area is 101 Å². The van der Waals surface area contributed by atoms with Crippen molar-refractivity contribution in [1.82, 2.24) is 10.2 Å². The van der Waals surface area contributed by atoms with Crippen molar-refractivity contribution in [2.24, 2.45) is 5.92 Å². The number of nitrogens with one attached hydrogen (secondary N) is 1. The molecule has 96 valence electrons. The minimum Gasteiger partial charge on any atom is -0.376 e. The van der Waals surface area contributed by atoms with Crippen LogP contribution in [0.2, 0.25) is 0 Å². The molecule has 17 heavy (non-hydrogen) atoms. The van der Waals surface area contributed by atoms with Gasteiger partial charge in [0.2, 0.25) is 0 Å². The van der Waals surface area contributed by atoms with E-state index >= 15 is 0 Å². The molecule has 2 aliphatic rings. The van der Waals surface area contributed by atoms with Crippen LogP contribution in [-0.4, -0.2) is 41.6 Å². The Balaban J connectivity index is 2.08. The lowest BCUT2D eigenvalue weighted by Crippen LogP contribution is -2.48. The predicted molar refractivity (Wildman–Crippen MR) is 62.5 cm³/mol. The van der Waals surface area contributed by atoms with E-state index in [4.69, 9.17) is 4.74 Å². The highest BCUT2D eigenvalue weighted by Crippen LogP contribution is 2.26. The number of urea groups is 1. The molecule has 0 aromatic carbocycles. The highest BCUT2D eigenvalue weighted by molar-refractivity contribution is 6.06. The maximum absolute atomic E-state index is 12.3. The Hall–Kier alpha value is -1.10. The van der Waals surface area contributed by atoms with Crippen LogP contribution >= 0.6 is 0 Å². The van der Waals surface area contributed by atoms with Crippen LogP contribution < -0.4 is 5.32 Å². The molecule has 0 aliphatic carbocycles. The van der Waals surface area contributed by atoms with Gasteiger partial charge in [0.05, 0.1) is 12.6 Å². The molecule has 3 amide bonds. The first-order valence-electron chi connectivity index (χ1n) is 6.21. The van der Waals surface area contributed by atoms with Gasteiger partial charge < -0.3 is 10.1 Å². The average molecular weight is 240 g/mol. The van der Waals surface area contributed by atoms with Crippen LogP contribution in [0.1, 0.15) is 33.6 Å². The van der Waals surface area contributed by atoms with E-state index in [1.165, 1.54) is 4.90 Å². The molecule has 0 unspecified atom stereocenters. The number of amides is 3. The summed E-state index contributed by atoms with van der Waals surface area (Å²) in [5.41, 5.74) is -0.768. The lowest BCUT2D eigenvalue weighted by Gasteiger charge is -2.26. The molecule has 0 spiro atoms. The van der Waals surface area contributed by atoms with E-state index in [9.17, 15) is 9.59 Å². The summed E-state index contributed by atoms with van der Waals surface area (Å²) in [6, 6.07) is -0.290. The van der Waals surface area contributed by atoms with Gasteiger partial charge in [0.15, 0.2) is 0 Å².